The lowest BCUT2D eigenvalue weighted by Gasteiger charge is -2.29. The van der Waals surface area contributed by atoms with E-state index >= 15 is 0 Å². The summed E-state index contributed by atoms with van der Waals surface area (Å²) in [5.74, 6) is -0.288. The van der Waals surface area contributed by atoms with Crippen molar-refractivity contribution in [2.24, 2.45) is 0 Å². The molecule has 3 rings (SSSR count). The number of anilines is 2. The van der Waals surface area contributed by atoms with Gasteiger partial charge in [-0.2, -0.15) is 0 Å². The summed E-state index contributed by atoms with van der Waals surface area (Å²) in [7, 11) is 0. The molecule has 6 nitrogen and oxygen atoms in total. The molecule has 1 N–H and O–H groups in total. The summed E-state index contributed by atoms with van der Waals surface area (Å²) in [6, 6.07) is 10.2. The first-order valence-electron chi connectivity index (χ1n) is 8.57. The van der Waals surface area contributed by atoms with Crippen molar-refractivity contribution in [3.63, 3.8) is 0 Å². The van der Waals surface area contributed by atoms with Gasteiger partial charge in [-0.15, -0.1) is 0 Å². The lowest BCUT2D eigenvalue weighted by Crippen LogP contribution is -2.30. The van der Waals surface area contributed by atoms with Crippen LogP contribution in [0.2, 0.25) is 5.02 Å². The molecule has 2 aromatic carbocycles. The maximum atomic E-state index is 12.6. The second-order valence-electron chi connectivity index (χ2n) is 6.39. The predicted octanol–water partition coefficient (Wildman–Crippen LogP) is 4.80. The zero-order chi connectivity index (χ0) is 18.7. The standard InChI is InChI=1S/C19H20ClN3O3/c1-13-7-3-4-8-14(13)19(24)21-16-12-17(22-9-5-2-6-10-22)18(23(25)26)11-15(16)20/h3-4,7-8,11-12H,2,5-6,9-10H2,1H3,(H,21,24). The Hall–Kier alpha value is -2.60. The summed E-state index contributed by atoms with van der Waals surface area (Å²) in [4.78, 5) is 25.6. The Bertz CT molecular complexity index is 848. The lowest BCUT2D eigenvalue weighted by atomic mass is 10.1. The third-order valence-corrected chi connectivity index (χ3v) is 4.91. The molecule has 0 aromatic heterocycles. The minimum atomic E-state index is -0.428. The van der Waals surface area contributed by atoms with Crippen molar-refractivity contribution in [2.75, 3.05) is 23.3 Å². The fraction of sp³-hybridized carbons (Fsp3) is 0.316. The zero-order valence-electron chi connectivity index (χ0n) is 14.5. The lowest BCUT2D eigenvalue weighted by molar-refractivity contribution is -0.384. The van der Waals surface area contributed by atoms with E-state index in [1.54, 1.807) is 18.2 Å². The number of aryl methyl sites for hydroxylation is 1. The van der Waals surface area contributed by atoms with Crippen LogP contribution in [0.25, 0.3) is 0 Å². The summed E-state index contributed by atoms with van der Waals surface area (Å²) >= 11 is 6.22. The Kier molecular flexibility index (Phi) is 5.42. The van der Waals surface area contributed by atoms with Crippen LogP contribution in [-0.4, -0.2) is 23.9 Å². The van der Waals surface area contributed by atoms with E-state index in [0.717, 1.165) is 37.9 Å². The molecule has 1 fully saturated rings. The minimum Gasteiger partial charge on any atom is -0.366 e. The van der Waals surface area contributed by atoms with E-state index in [9.17, 15) is 14.9 Å². The van der Waals surface area contributed by atoms with Crippen LogP contribution in [-0.2, 0) is 0 Å². The third-order valence-electron chi connectivity index (χ3n) is 4.60. The Morgan fingerprint density at radius 2 is 1.88 bits per heavy atom. The van der Waals surface area contributed by atoms with Gasteiger partial charge in [0.1, 0.15) is 5.69 Å². The molecular formula is C19H20ClN3O3. The largest absolute Gasteiger partial charge is 0.366 e. The number of hydrogen-bond donors (Lipinski definition) is 1. The third kappa shape index (κ3) is 3.80. The molecule has 0 saturated carbocycles. The zero-order valence-corrected chi connectivity index (χ0v) is 15.3. The van der Waals surface area contributed by atoms with Crippen LogP contribution >= 0.6 is 11.6 Å². The van der Waals surface area contributed by atoms with E-state index in [-0.39, 0.29) is 16.6 Å². The van der Waals surface area contributed by atoms with Crippen LogP contribution in [0.4, 0.5) is 17.1 Å². The molecule has 7 heteroatoms. The molecule has 1 amide bonds. The molecule has 0 unspecified atom stereocenters. The molecular weight excluding hydrogens is 354 g/mol. The summed E-state index contributed by atoms with van der Waals surface area (Å²) in [6.07, 6.45) is 3.10. The molecule has 1 heterocycles. The molecule has 2 aromatic rings. The minimum absolute atomic E-state index is 0.0363. The number of nitrogens with one attached hydrogen (secondary N) is 1. The van der Waals surface area contributed by atoms with Gasteiger partial charge in [-0.3, -0.25) is 14.9 Å². The Balaban J connectivity index is 1.95. The van der Waals surface area contributed by atoms with Gasteiger partial charge in [0.05, 0.1) is 15.6 Å². The van der Waals surface area contributed by atoms with Gasteiger partial charge in [-0.25, -0.2) is 0 Å². The van der Waals surface area contributed by atoms with Gasteiger partial charge in [0.2, 0.25) is 0 Å². The highest BCUT2D eigenvalue weighted by atomic mass is 35.5. The van der Waals surface area contributed by atoms with Crippen molar-refractivity contribution in [3.8, 4) is 0 Å². The number of amides is 1. The summed E-state index contributed by atoms with van der Waals surface area (Å²) in [6.45, 7) is 3.37. The van der Waals surface area contributed by atoms with Crippen molar-refractivity contribution in [3.05, 3.63) is 62.7 Å². The fourth-order valence-electron chi connectivity index (χ4n) is 3.20. The number of nitro groups is 1. The summed E-state index contributed by atoms with van der Waals surface area (Å²) in [5.41, 5.74) is 2.23. The summed E-state index contributed by atoms with van der Waals surface area (Å²) in [5, 5.41) is 14.4. The van der Waals surface area contributed by atoms with Crippen molar-refractivity contribution in [1.29, 1.82) is 0 Å². The molecule has 0 aliphatic carbocycles. The van der Waals surface area contributed by atoms with Crippen LogP contribution < -0.4 is 10.2 Å². The van der Waals surface area contributed by atoms with E-state index in [1.165, 1.54) is 6.07 Å². The van der Waals surface area contributed by atoms with Gasteiger partial charge >= 0.3 is 0 Å². The second-order valence-corrected chi connectivity index (χ2v) is 6.80. The maximum absolute atomic E-state index is 12.6. The Morgan fingerprint density at radius 1 is 1.19 bits per heavy atom. The second kappa shape index (κ2) is 7.74. The molecule has 26 heavy (non-hydrogen) atoms. The SMILES string of the molecule is Cc1ccccc1C(=O)Nc1cc(N2CCCCC2)c([N+](=O)[O-])cc1Cl. The number of carbonyl (C=O) groups is 1. The van der Waals surface area contributed by atoms with Gasteiger partial charge in [0.25, 0.3) is 11.6 Å². The van der Waals surface area contributed by atoms with Crippen molar-refractivity contribution in [2.45, 2.75) is 26.2 Å². The average molecular weight is 374 g/mol. The average Bonchev–Trinajstić information content (AvgIpc) is 2.64. The van der Waals surface area contributed by atoms with Crippen LogP contribution in [0.3, 0.4) is 0 Å². The van der Waals surface area contributed by atoms with Gasteiger partial charge in [0, 0.05) is 24.7 Å². The quantitative estimate of drug-likeness (QED) is 0.617. The molecule has 0 bridgehead atoms. The number of nitrogens with zero attached hydrogens (tertiary/aromatic N) is 2. The summed E-state index contributed by atoms with van der Waals surface area (Å²) < 4.78 is 0. The highest BCUT2D eigenvalue weighted by molar-refractivity contribution is 6.34. The van der Waals surface area contributed by atoms with Gasteiger partial charge in [-0.1, -0.05) is 29.8 Å². The Morgan fingerprint density at radius 3 is 2.54 bits per heavy atom. The van der Waals surface area contributed by atoms with Crippen molar-refractivity contribution < 1.29 is 9.72 Å². The van der Waals surface area contributed by atoms with Crippen LogP contribution in [0.5, 0.6) is 0 Å². The van der Waals surface area contributed by atoms with Gasteiger partial charge in [0.15, 0.2) is 0 Å². The molecule has 136 valence electrons. The molecule has 1 saturated heterocycles. The van der Waals surface area contributed by atoms with E-state index in [1.807, 2.05) is 24.0 Å². The van der Waals surface area contributed by atoms with Crippen LogP contribution in [0, 0.1) is 17.0 Å². The van der Waals surface area contributed by atoms with Gasteiger partial charge in [-0.05, 0) is 43.9 Å². The highest BCUT2D eigenvalue weighted by Crippen LogP contribution is 2.38. The van der Waals surface area contributed by atoms with Crippen molar-refractivity contribution in [1.82, 2.24) is 0 Å². The number of piperidine rings is 1. The predicted molar refractivity (Wildman–Crippen MR) is 103 cm³/mol. The van der Waals surface area contributed by atoms with E-state index < -0.39 is 4.92 Å². The number of benzene rings is 2. The normalized spacial score (nSPS) is 14.2. The number of halogens is 1. The molecule has 1 aliphatic rings. The van der Waals surface area contributed by atoms with E-state index in [0.29, 0.717) is 16.9 Å². The first-order chi connectivity index (χ1) is 12.5. The monoisotopic (exact) mass is 373 g/mol. The van der Waals surface area contributed by atoms with Crippen LogP contribution in [0.15, 0.2) is 36.4 Å². The van der Waals surface area contributed by atoms with E-state index in [4.69, 9.17) is 11.6 Å². The van der Waals surface area contributed by atoms with Crippen molar-refractivity contribution >= 4 is 34.6 Å². The first kappa shape index (κ1) is 18.2. The molecule has 0 atom stereocenters. The maximum Gasteiger partial charge on any atom is 0.294 e. The van der Waals surface area contributed by atoms with Gasteiger partial charge < -0.3 is 10.2 Å². The number of hydrogen-bond acceptors (Lipinski definition) is 4. The van der Waals surface area contributed by atoms with Crippen LogP contribution in [0.1, 0.15) is 35.2 Å². The smallest absolute Gasteiger partial charge is 0.294 e. The molecule has 0 spiro atoms. The number of nitro benzene ring substituents is 1. The highest BCUT2D eigenvalue weighted by Gasteiger charge is 2.24. The Labute approximate surface area is 156 Å². The molecule has 0 radical (unpaired) electrons. The van der Waals surface area contributed by atoms with E-state index in [2.05, 4.69) is 5.32 Å². The first-order valence-corrected chi connectivity index (χ1v) is 8.95. The topological polar surface area (TPSA) is 75.5 Å². The fourth-order valence-corrected chi connectivity index (χ4v) is 3.40. The number of rotatable bonds is 4. The number of carbonyl (C=O) groups excluding carboxylic acids is 1. The molecule has 1 aliphatic heterocycles.